The molecule has 1 aromatic carbocycles. The fraction of sp³-hybridized carbons (Fsp3) is 0.520. The molecule has 1 N–H and O–H groups in total. The molecule has 35 heavy (non-hydrogen) atoms. The van der Waals surface area contributed by atoms with Crippen LogP contribution >= 0.6 is 11.3 Å². The van der Waals surface area contributed by atoms with Crippen LogP contribution in [0.15, 0.2) is 36.4 Å². The van der Waals surface area contributed by atoms with Gasteiger partial charge in [-0.3, -0.25) is 0 Å². The van der Waals surface area contributed by atoms with E-state index in [-0.39, 0.29) is 23.2 Å². The van der Waals surface area contributed by atoms with Gasteiger partial charge >= 0.3 is 18.4 Å². The third-order valence-electron chi connectivity index (χ3n) is 6.34. The summed E-state index contributed by atoms with van der Waals surface area (Å²) in [5.74, 6) is -0.219. The van der Waals surface area contributed by atoms with Crippen molar-refractivity contribution < 1.29 is 32.2 Å². The number of halogens is 3. The number of benzene rings is 1. The number of ether oxygens (including phenoxy) is 2. The van der Waals surface area contributed by atoms with Crippen LogP contribution in [0.25, 0.3) is 0 Å². The Hall–Kier alpha value is -2.75. The Morgan fingerprint density at radius 2 is 1.66 bits per heavy atom. The second-order valence-electron chi connectivity index (χ2n) is 9.76. The molecule has 2 amide bonds. The number of amides is 2. The van der Waals surface area contributed by atoms with Crippen LogP contribution < -0.4 is 10.1 Å². The molecule has 1 fully saturated rings. The van der Waals surface area contributed by atoms with Crippen LogP contribution in [0.2, 0.25) is 0 Å². The van der Waals surface area contributed by atoms with Crippen molar-refractivity contribution in [2.75, 3.05) is 12.4 Å². The lowest BCUT2D eigenvalue weighted by Gasteiger charge is -2.41. The van der Waals surface area contributed by atoms with Crippen molar-refractivity contribution in [2.24, 2.45) is 11.3 Å². The van der Waals surface area contributed by atoms with E-state index in [9.17, 15) is 22.8 Å². The number of esters is 1. The van der Waals surface area contributed by atoms with Gasteiger partial charge in [-0.2, -0.15) is 0 Å². The number of alkyl halides is 3. The summed E-state index contributed by atoms with van der Waals surface area (Å²) in [4.78, 5) is 28.2. The smallest absolute Gasteiger partial charge is 0.465 e. The van der Waals surface area contributed by atoms with Gasteiger partial charge in [0.15, 0.2) is 0 Å². The van der Waals surface area contributed by atoms with Gasteiger partial charge in [-0.1, -0.05) is 20.8 Å². The molecular formula is C25H31F3N2O4S. The molecule has 3 rings (SSSR count). The number of thiophene rings is 1. The number of methoxy groups -OCH3 is 1. The minimum atomic E-state index is -4.78. The van der Waals surface area contributed by atoms with E-state index >= 15 is 0 Å². The Kier molecular flexibility index (Phi) is 8.35. The molecule has 0 saturated heterocycles. The van der Waals surface area contributed by atoms with Crippen LogP contribution in [-0.4, -0.2) is 36.4 Å². The van der Waals surface area contributed by atoms with Crippen LogP contribution in [0.5, 0.6) is 5.75 Å². The van der Waals surface area contributed by atoms with E-state index in [2.05, 4.69) is 30.8 Å². The summed E-state index contributed by atoms with van der Waals surface area (Å²) >= 11 is 1.27. The molecule has 0 unspecified atom stereocenters. The Balaban J connectivity index is 1.75. The number of anilines is 1. The average Bonchev–Trinajstić information content (AvgIpc) is 3.25. The summed E-state index contributed by atoms with van der Waals surface area (Å²) < 4.78 is 45.9. The molecule has 1 saturated carbocycles. The first-order chi connectivity index (χ1) is 16.4. The number of rotatable bonds is 6. The second kappa shape index (κ2) is 10.9. The number of nitrogens with zero attached hydrogens (tertiary/aromatic N) is 1. The van der Waals surface area contributed by atoms with Crippen molar-refractivity contribution in [3.8, 4) is 5.75 Å². The molecule has 0 aliphatic heterocycles. The van der Waals surface area contributed by atoms with E-state index in [1.165, 1.54) is 30.6 Å². The quantitative estimate of drug-likeness (QED) is 0.420. The molecule has 1 aliphatic rings. The van der Waals surface area contributed by atoms with E-state index < -0.39 is 12.3 Å². The Labute approximate surface area is 207 Å². The third kappa shape index (κ3) is 7.62. The largest absolute Gasteiger partial charge is 0.573 e. The van der Waals surface area contributed by atoms with Gasteiger partial charge in [0, 0.05) is 16.6 Å². The normalized spacial score (nSPS) is 18.6. The minimum absolute atomic E-state index is 0.00473. The number of carbonyl (C=O) groups is 2. The van der Waals surface area contributed by atoms with Gasteiger partial charge in [-0.05, 0) is 73.4 Å². The highest BCUT2D eigenvalue weighted by molar-refractivity contribution is 7.13. The first kappa shape index (κ1) is 26.8. The summed E-state index contributed by atoms with van der Waals surface area (Å²) in [6, 6.07) is 8.20. The highest BCUT2D eigenvalue weighted by Crippen LogP contribution is 2.39. The topological polar surface area (TPSA) is 67.9 Å². The molecule has 1 heterocycles. The van der Waals surface area contributed by atoms with Crippen molar-refractivity contribution in [3.05, 3.63) is 46.2 Å². The van der Waals surface area contributed by atoms with Crippen LogP contribution in [0.3, 0.4) is 0 Å². The van der Waals surface area contributed by atoms with E-state index in [0.717, 1.165) is 42.7 Å². The number of hydrogen-bond donors (Lipinski definition) is 1. The molecule has 1 aromatic heterocycles. The zero-order valence-corrected chi connectivity index (χ0v) is 21.1. The third-order valence-corrected chi connectivity index (χ3v) is 7.39. The maximum atomic E-state index is 13.3. The maximum Gasteiger partial charge on any atom is 0.573 e. The predicted octanol–water partition coefficient (Wildman–Crippen LogP) is 7.07. The van der Waals surface area contributed by atoms with Gasteiger partial charge in [-0.25, -0.2) is 9.59 Å². The zero-order valence-electron chi connectivity index (χ0n) is 20.3. The highest BCUT2D eigenvalue weighted by Gasteiger charge is 2.34. The summed E-state index contributed by atoms with van der Waals surface area (Å²) in [7, 11) is 1.32. The lowest BCUT2D eigenvalue weighted by atomic mass is 9.71. The van der Waals surface area contributed by atoms with Crippen LogP contribution in [0, 0.1) is 11.3 Å². The Morgan fingerprint density at radius 3 is 2.20 bits per heavy atom. The van der Waals surface area contributed by atoms with Crippen LogP contribution in [-0.2, 0) is 11.3 Å². The zero-order chi connectivity index (χ0) is 25.8. The van der Waals surface area contributed by atoms with Crippen molar-refractivity contribution in [1.82, 2.24) is 4.90 Å². The molecule has 10 heteroatoms. The van der Waals surface area contributed by atoms with Gasteiger partial charge < -0.3 is 19.7 Å². The fourth-order valence-corrected chi connectivity index (χ4v) is 5.32. The summed E-state index contributed by atoms with van der Waals surface area (Å²) in [5.41, 5.74) is 0.556. The van der Waals surface area contributed by atoms with Crippen molar-refractivity contribution in [3.63, 3.8) is 0 Å². The van der Waals surface area contributed by atoms with Gasteiger partial charge in [0.25, 0.3) is 0 Å². The SMILES string of the molecule is COC(=O)c1ccc(CN(C(=O)Nc2ccc(OC(F)(F)F)cc2)C2CCC(C(C)(C)C)CC2)s1. The molecule has 0 spiro atoms. The molecule has 0 atom stereocenters. The second-order valence-corrected chi connectivity index (χ2v) is 10.9. The maximum absolute atomic E-state index is 13.3. The number of carbonyl (C=O) groups excluding carboxylic acids is 2. The average molecular weight is 513 g/mol. The summed E-state index contributed by atoms with van der Waals surface area (Å²) in [6.07, 6.45) is -1.08. The van der Waals surface area contributed by atoms with E-state index in [1.807, 2.05) is 0 Å². The first-order valence-electron chi connectivity index (χ1n) is 11.5. The van der Waals surface area contributed by atoms with E-state index in [4.69, 9.17) is 4.74 Å². The molecule has 2 aromatic rings. The fourth-order valence-electron chi connectivity index (χ4n) is 4.40. The van der Waals surface area contributed by atoms with Crippen LogP contribution in [0.4, 0.5) is 23.7 Å². The number of hydrogen-bond acceptors (Lipinski definition) is 5. The summed E-state index contributed by atoms with van der Waals surface area (Å²) in [6.45, 7) is 7.01. The van der Waals surface area contributed by atoms with Gasteiger partial charge in [0.05, 0.1) is 13.7 Å². The van der Waals surface area contributed by atoms with Crippen molar-refractivity contribution in [2.45, 2.75) is 65.4 Å². The van der Waals surface area contributed by atoms with Crippen LogP contribution in [0.1, 0.15) is 61.0 Å². The van der Waals surface area contributed by atoms with Crippen molar-refractivity contribution in [1.29, 1.82) is 0 Å². The minimum Gasteiger partial charge on any atom is -0.465 e. The first-order valence-corrected chi connectivity index (χ1v) is 12.3. The standard InChI is InChI=1S/C25H31F3N2O4S/c1-24(2,3)16-5-9-18(10-6-16)30(15-20-13-14-21(35-20)22(31)33-4)23(32)29-17-7-11-19(12-8-17)34-25(26,27)28/h7-8,11-14,16,18H,5-6,9-10,15H2,1-4H3,(H,29,32). The highest BCUT2D eigenvalue weighted by atomic mass is 32.1. The predicted molar refractivity (Wildman–Crippen MR) is 129 cm³/mol. The monoisotopic (exact) mass is 512 g/mol. The molecular weight excluding hydrogens is 481 g/mol. The molecule has 192 valence electrons. The van der Waals surface area contributed by atoms with Gasteiger partial charge in [0.2, 0.25) is 0 Å². The Morgan fingerprint density at radius 1 is 1.03 bits per heavy atom. The van der Waals surface area contributed by atoms with E-state index in [1.54, 1.807) is 17.0 Å². The number of nitrogens with one attached hydrogen (secondary N) is 1. The lowest BCUT2D eigenvalue weighted by Crippen LogP contribution is -2.45. The lowest BCUT2D eigenvalue weighted by molar-refractivity contribution is -0.274. The number of urea groups is 1. The van der Waals surface area contributed by atoms with E-state index in [0.29, 0.717) is 23.0 Å². The molecule has 0 bridgehead atoms. The molecule has 6 nitrogen and oxygen atoms in total. The summed E-state index contributed by atoms with van der Waals surface area (Å²) in [5, 5.41) is 2.79. The van der Waals surface area contributed by atoms with Crippen molar-refractivity contribution >= 4 is 29.0 Å². The molecule has 0 radical (unpaired) electrons. The van der Waals surface area contributed by atoms with Gasteiger partial charge in [0.1, 0.15) is 10.6 Å². The van der Waals surface area contributed by atoms with Gasteiger partial charge in [-0.15, -0.1) is 24.5 Å². The molecule has 1 aliphatic carbocycles. The Bertz CT molecular complexity index is 1010.